The molecule has 5 nitrogen and oxygen atoms in total. The predicted molar refractivity (Wildman–Crippen MR) is 93.0 cm³/mol. The second-order valence-electron chi connectivity index (χ2n) is 5.71. The smallest absolute Gasteiger partial charge is 0.242 e. The normalized spacial score (nSPS) is 16.2. The van der Waals surface area contributed by atoms with Crippen LogP contribution in [0.3, 0.4) is 0 Å². The molecule has 6 heteroatoms. The van der Waals surface area contributed by atoms with Crippen molar-refractivity contribution in [2.75, 3.05) is 6.61 Å². The number of carbonyl (C=O) groups excluding carboxylic acids is 1. The maximum Gasteiger partial charge on any atom is 0.242 e. The standard InChI is InChI=1S/C18H17N3O2S/c22-18(11-21-8-5-15(20-21)13-7-10-24-12-13)19-16-6-9-23-17-4-2-1-3-14(16)17/h1-5,7-8,10,12,16H,6,9,11H2,(H,19,22)/t16-/m1/s1. The Morgan fingerprint density at radius 3 is 3.12 bits per heavy atom. The summed E-state index contributed by atoms with van der Waals surface area (Å²) in [5, 5.41) is 11.6. The molecule has 24 heavy (non-hydrogen) atoms. The van der Waals surface area contributed by atoms with Crippen molar-refractivity contribution in [1.29, 1.82) is 0 Å². The van der Waals surface area contributed by atoms with Crippen LogP contribution in [0.5, 0.6) is 5.75 Å². The van der Waals surface area contributed by atoms with Gasteiger partial charge in [0.1, 0.15) is 12.3 Å². The monoisotopic (exact) mass is 339 g/mol. The van der Waals surface area contributed by atoms with Crippen LogP contribution in [0.25, 0.3) is 11.3 Å². The first-order valence-corrected chi connectivity index (χ1v) is 8.81. The number of fused-ring (bicyclic) bond motifs is 1. The number of nitrogens with one attached hydrogen (secondary N) is 1. The Morgan fingerprint density at radius 1 is 1.33 bits per heavy atom. The lowest BCUT2D eigenvalue weighted by molar-refractivity contribution is -0.122. The topological polar surface area (TPSA) is 56.2 Å². The minimum Gasteiger partial charge on any atom is -0.493 e. The first-order chi connectivity index (χ1) is 11.8. The summed E-state index contributed by atoms with van der Waals surface area (Å²) in [6.45, 7) is 0.829. The van der Waals surface area contributed by atoms with Crippen LogP contribution < -0.4 is 10.1 Å². The fraction of sp³-hybridized carbons (Fsp3) is 0.222. The van der Waals surface area contributed by atoms with E-state index in [4.69, 9.17) is 4.74 Å². The summed E-state index contributed by atoms with van der Waals surface area (Å²) in [5.74, 6) is 0.810. The van der Waals surface area contributed by atoms with Crippen LogP contribution in [0.2, 0.25) is 0 Å². The Balaban J connectivity index is 1.43. The molecule has 1 amide bonds. The van der Waals surface area contributed by atoms with E-state index in [9.17, 15) is 4.79 Å². The molecule has 4 rings (SSSR count). The van der Waals surface area contributed by atoms with Crippen molar-refractivity contribution < 1.29 is 9.53 Å². The van der Waals surface area contributed by atoms with Crippen molar-refractivity contribution in [2.24, 2.45) is 0 Å². The van der Waals surface area contributed by atoms with E-state index in [1.807, 2.05) is 53.4 Å². The van der Waals surface area contributed by atoms with E-state index < -0.39 is 0 Å². The Labute approximate surface area is 143 Å². The minimum absolute atomic E-state index is 0.00523. The second-order valence-corrected chi connectivity index (χ2v) is 6.49. The second kappa shape index (κ2) is 6.49. The van der Waals surface area contributed by atoms with Crippen molar-refractivity contribution >= 4 is 17.2 Å². The molecule has 1 aromatic carbocycles. The Bertz CT molecular complexity index is 842. The van der Waals surface area contributed by atoms with Gasteiger partial charge in [0.2, 0.25) is 5.91 Å². The zero-order chi connectivity index (χ0) is 16.4. The number of benzene rings is 1. The van der Waals surface area contributed by atoms with Crippen molar-refractivity contribution in [2.45, 2.75) is 19.0 Å². The maximum absolute atomic E-state index is 12.4. The number of hydrogen-bond acceptors (Lipinski definition) is 4. The predicted octanol–water partition coefficient (Wildman–Crippen LogP) is 3.25. The molecule has 3 aromatic rings. The fourth-order valence-electron chi connectivity index (χ4n) is 2.89. The highest BCUT2D eigenvalue weighted by Crippen LogP contribution is 2.31. The van der Waals surface area contributed by atoms with Gasteiger partial charge in [0.25, 0.3) is 0 Å². The number of para-hydroxylation sites is 1. The molecule has 1 N–H and O–H groups in total. The lowest BCUT2D eigenvalue weighted by atomic mass is 10.0. The molecule has 1 aliphatic rings. The molecular formula is C18H17N3O2S. The highest BCUT2D eigenvalue weighted by atomic mass is 32.1. The van der Waals surface area contributed by atoms with Crippen LogP contribution >= 0.6 is 11.3 Å². The van der Waals surface area contributed by atoms with E-state index in [0.717, 1.165) is 29.0 Å². The third-order valence-electron chi connectivity index (χ3n) is 4.06. The van der Waals surface area contributed by atoms with E-state index in [2.05, 4.69) is 10.4 Å². The summed E-state index contributed by atoms with van der Waals surface area (Å²) in [7, 11) is 0. The molecule has 0 saturated carbocycles. The van der Waals surface area contributed by atoms with Gasteiger partial charge in [-0.3, -0.25) is 9.48 Å². The zero-order valence-corrected chi connectivity index (χ0v) is 13.8. The van der Waals surface area contributed by atoms with Crippen LogP contribution in [0.1, 0.15) is 18.0 Å². The number of aromatic nitrogens is 2. The summed E-state index contributed by atoms with van der Waals surface area (Å²) in [6, 6.07) is 11.8. The molecule has 0 radical (unpaired) electrons. The number of hydrogen-bond donors (Lipinski definition) is 1. The molecule has 0 aliphatic carbocycles. The van der Waals surface area contributed by atoms with Crippen LogP contribution in [0, 0.1) is 0 Å². The number of thiophene rings is 1. The van der Waals surface area contributed by atoms with E-state index in [1.165, 1.54) is 0 Å². The van der Waals surface area contributed by atoms with Gasteiger partial charge in [-0.2, -0.15) is 16.4 Å². The van der Waals surface area contributed by atoms with Crippen LogP contribution in [0.4, 0.5) is 0 Å². The third kappa shape index (κ3) is 3.05. The van der Waals surface area contributed by atoms with Crippen molar-refractivity contribution in [3.05, 3.63) is 58.9 Å². The highest BCUT2D eigenvalue weighted by molar-refractivity contribution is 7.08. The first kappa shape index (κ1) is 15.0. The van der Waals surface area contributed by atoms with Gasteiger partial charge >= 0.3 is 0 Å². The molecular weight excluding hydrogens is 322 g/mol. The summed E-state index contributed by atoms with van der Waals surface area (Å²) in [4.78, 5) is 12.4. The van der Waals surface area contributed by atoms with E-state index in [0.29, 0.717) is 6.61 Å². The van der Waals surface area contributed by atoms with Crippen LogP contribution in [-0.4, -0.2) is 22.3 Å². The number of rotatable bonds is 4. The summed E-state index contributed by atoms with van der Waals surface area (Å²) in [5.41, 5.74) is 3.01. The van der Waals surface area contributed by atoms with Crippen molar-refractivity contribution in [3.63, 3.8) is 0 Å². The Hall–Kier alpha value is -2.60. The van der Waals surface area contributed by atoms with E-state index in [-0.39, 0.29) is 18.5 Å². The lowest BCUT2D eigenvalue weighted by Crippen LogP contribution is -2.34. The number of ether oxygens (including phenoxy) is 1. The largest absolute Gasteiger partial charge is 0.493 e. The number of amides is 1. The Kier molecular flexibility index (Phi) is 4.04. The maximum atomic E-state index is 12.4. The molecule has 2 aromatic heterocycles. The highest BCUT2D eigenvalue weighted by Gasteiger charge is 2.22. The van der Waals surface area contributed by atoms with Gasteiger partial charge in [0.15, 0.2) is 0 Å². The van der Waals surface area contributed by atoms with Crippen LogP contribution in [0.15, 0.2) is 53.4 Å². The average molecular weight is 339 g/mol. The fourth-order valence-corrected chi connectivity index (χ4v) is 3.54. The quantitative estimate of drug-likeness (QED) is 0.794. The summed E-state index contributed by atoms with van der Waals surface area (Å²) < 4.78 is 7.30. The molecule has 0 spiro atoms. The summed E-state index contributed by atoms with van der Waals surface area (Å²) in [6.07, 6.45) is 2.62. The molecule has 0 bridgehead atoms. The first-order valence-electron chi connectivity index (χ1n) is 7.87. The van der Waals surface area contributed by atoms with E-state index >= 15 is 0 Å². The number of carbonyl (C=O) groups is 1. The average Bonchev–Trinajstić information content (AvgIpc) is 3.26. The lowest BCUT2D eigenvalue weighted by Gasteiger charge is -2.26. The Morgan fingerprint density at radius 2 is 2.25 bits per heavy atom. The summed E-state index contributed by atoms with van der Waals surface area (Å²) >= 11 is 1.63. The van der Waals surface area contributed by atoms with Crippen LogP contribution in [-0.2, 0) is 11.3 Å². The van der Waals surface area contributed by atoms with Gasteiger partial charge in [-0.05, 0) is 23.6 Å². The SMILES string of the molecule is O=C(Cn1ccc(-c2ccsc2)n1)N[C@@H]1CCOc2ccccc21. The van der Waals surface area contributed by atoms with E-state index in [1.54, 1.807) is 16.0 Å². The van der Waals surface area contributed by atoms with Gasteiger partial charge in [-0.15, -0.1) is 0 Å². The molecule has 1 aliphatic heterocycles. The molecule has 0 fully saturated rings. The zero-order valence-electron chi connectivity index (χ0n) is 13.0. The molecule has 1 atom stereocenters. The van der Waals surface area contributed by atoms with Crippen molar-refractivity contribution in [3.8, 4) is 17.0 Å². The third-order valence-corrected chi connectivity index (χ3v) is 4.74. The van der Waals surface area contributed by atoms with Gasteiger partial charge in [-0.1, -0.05) is 18.2 Å². The molecule has 0 saturated heterocycles. The van der Waals surface area contributed by atoms with Crippen molar-refractivity contribution in [1.82, 2.24) is 15.1 Å². The molecule has 122 valence electrons. The van der Waals surface area contributed by atoms with Gasteiger partial charge in [0.05, 0.1) is 18.3 Å². The number of nitrogens with zero attached hydrogens (tertiary/aromatic N) is 2. The molecule has 0 unspecified atom stereocenters. The van der Waals surface area contributed by atoms with Gasteiger partial charge in [-0.25, -0.2) is 0 Å². The minimum atomic E-state index is -0.0447. The van der Waals surface area contributed by atoms with Gasteiger partial charge < -0.3 is 10.1 Å². The molecule has 3 heterocycles. The van der Waals surface area contributed by atoms with Gasteiger partial charge in [0, 0.05) is 29.1 Å².